The van der Waals surface area contributed by atoms with Crippen molar-refractivity contribution in [1.29, 1.82) is 5.41 Å². The zero-order chi connectivity index (χ0) is 17.1. The van der Waals surface area contributed by atoms with Gasteiger partial charge in [-0.3, -0.25) is 14.8 Å². The maximum atomic E-state index is 11.9. The summed E-state index contributed by atoms with van der Waals surface area (Å²) in [7, 11) is 0. The lowest BCUT2D eigenvalue weighted by Gasteiger charge is -2.16. The summed E-state index contributed by atoms with van der Waals surface area (Å²) in [4.78, 5) is 21.0. The number of Topliss-reactive ketones (excluding diaryl/α,β-unsaturated/α-hetero) is 1. The van der Waals surface area contributed by atoms with Crippen LogP contribution < -0.4 is 11.5 Å². The van der Waals surface area contributed by atoms with Crippen molar-refractivity contribution < 1.29 is 4.79 Å². The molecule has 2 aromatic rings. The summed E-state index contributed by atoms with van der Waals surface area (Å²) < 4.78 is 0. The van der Waals surface area contributed by atoms with Crippen LogP contribution in [0.3, 0.4) is 0 Å². The minimum Gasteiger partial charge on any atom is -0.399 e. The van der Waals surface area contributed by atoms with Crippen LogP contribution >= 0.6 is 0 Å². The quantitative estimate of drug-likeness (QED) is 0.738. The third-order valence-corrected chi connectivity index (χ3v) is 3.66. The molecular formula is C18H17N5O. The number of hydrogen-bond donors (Lipinski definition) is 3. The Labute approximate surface area is 139 Å². The van der Waals surface area contributed by atoms with Gasteiger partial charge in [-0.05, 0) is 48.5 Å². The fourth-order valence-corrected chi connectivity index (χ4v) is 2.35. The first-order valence-electron chi connectivity index (χ1n) is 7.48. The molecule has 6 nitrogen and oxygen atoms in total. The van der Waals surface area contributed by atoms with E-state index in [0.29, 0.717) is 34.2 Å². The molecule has 0 saturated heterocycles. The number of ketones is 1. The highest BCUT2D eigenvalue weighted by atomic mass is 16.1. The van der Waals surface area contributed by atoms with Crippen LogP contribution in [0.15, 0.2) is 58.5 Å². The van der Waals surface area contributed by atoms with E-state index in [9.17, 15) is 4.79 Å². The van der Waals surface area contributed by atoms with Gasteiger partial charge in [-0.1, -0.05) is 0 Å². The Balaban J connectivity index is 1.99. The predicted molar refractivity (Wildman–Crippen MR) is 97.9 cm³/mol. The van der Waals surface area contributed by atoms with Crippen molar-refractivity contribution in [3.05, 3.63) is 48.5 Å². The number of carbonyl (C=O) groups is 1. The Kier molecular flexibility index (Phi) is 4.20. The Morgan fingerprint density at radius 1 is 0.750 bits per heavy atom. The van der Waals surface area contributed by atoms with Crippen LogP contribution in [0, 0.1) is 5.41 Å². The molecule has 0 spiro atoms. The number of rotatable bonds is 2. The van der Waals surface area contributed by atoms with Gasteiger partial charge in [0.25, 0.3) is 0 Å². The minimum atomic E-state index is -0.222. The molecule has 0 amide bonds. The lowest BCUT2D eigenvalue weighted by Crippen LogP contribution is -2.32. The normalized spacial score (nSPS) is 18.3. The number of anilines is 2. The second-order valence-electron chi connectivity index (χ2n) is 5.56. The fraction of sp³-hybridized carbons (Fsp3) is 0.111. The van der Waals surface area contributed by atoms with Crippen molar-refractivity contribution >= 4 is 45.7 Å². The van der Waals surface area contributed by atoms with E-state index in [1.807, 2.05) is 0 Å². The van der Waals surface area contributed by atoms with Crippen LogP contribution in [0.2, 0.25) is 0 Å². The van der Waals surface area contributed by atoms with Gasteiger partial charge in [0.05, 0.1) is 34.9 Å². The van der Waals surface area contributed by atoms with Crippen LogP contribution in [0.4, 0.5) is 22.7 Å². The summed E-state index contributed by atoms with van der Waals surface area (Å²) >= 11 is 0. The molecule has 0 aliphatic heterocycles. The second kappa shape index (κ2) is 6.45. The summed E-state index contributed by atoms with van der Waals surface area (Å²) in [5.74, 6) is -0.222. The molecule has 3 rings (SSSR count). The van der Waals surface area contributed by atoms with Crippen molar-refractivity contribution in [2.45, 2.75) is 12.8 Å². The van der Waals surface area contributed by atoms with Crippen molar-refractivity contribution in [2.24, 2.45) is 9.98 Å². The third-order valence-electron chi connectivity index (χ3n) is 3.66. The molecule has 0 aromatic heterocycles. The van der Waals surface area contributed by atoms with Crippen LogP contribution in [0.5, 0.6) is 0 Å². The molecule has 1 fully saturated rings. The monoisotopic (exact) mass is 319 g/mol. The van der Waals surface area contributed by atoms with E-state index in [0.717, 1.165) is 0 Å². The van der Waals surface area contributed by atoms with Gasteiger partial charge in [0, 0.05) is 17.8 Å². The van der Waals surface area contributed by atoms with Crippen LogP contribution in [0.25, 0.3) is 0 Å². The lowest BCUT2D eigenvalue weighted by molar-refractivity contribution is -0.112. The summed E-state index contributed by atoms with van der Waals surface area (Å²) in [5, 5.41) is 7.80. The Hall–Kier alpha value is -3.28. The second-order valence-corrected chi connectivity index (χ2v) is 5.56. The first-order chi connectivity index (χ1) is 11.5. The van der Waals surface area contributed by atoms with Gasteiger partial charge < -0.3 is 16.9 Å². The molecule has 0 heterocycles. The van der Waals surface area contributed by atoms with Gasteiger partial charge in [0.1, 0.15) is 0 Å². The molecule has 1 aliphatic rings. The van der Waals surface area contributed by atoms with E-state index in [4.69, 9.17) is 16.9 Å². The predicted octanol–water partition coefficient (Wildman–Crippen LogP) is 3.08. The minimum absolute atomic E-state index is 0.0560. The topological polar surface area (TPSA) is 118 Å². The Morgan fingerprint density at radius 3 is 1.62 bits per heavy atom. The number of benzene rings is 2. The van der Waals surface area contributed by atoms with Gasteiger partial charge in [-0.15, -0.1) is 0 Å². The number of nitrogens with two attached hydrogens (primary N) is 2. The van der Waals surface area contributed by atoms with E-state index in [-0.39, 0.29) is 24.3 Å². The first-order valence-corrected chi connectivity index (χ1v) is 7.48. The van der Waals surface area contributed by atoms with Gasteiger partial charge >= 0.3 is 0 Å². The van der Waals surface area contributed by atoms with Crippen molar-refractivity contribution in [2.75, 3.05) is 11.5 Å². The third kappa shape index (κ3) is 3.55. The summed E-state index contributed by atoms with van der Waals surface area (Å²) in [6.45, 7) is 0. The molecule has 1 saturated carbocycles. The smallest absolute Gasteiger partial charge is 0.182 e. The van der Waals surface area contributed by atoms with E-state index in [1.54, 1.807) is 48.5 Å². The molecule has 1 aliphatic carbocycles. The lowest BCUT2D eigenvalue weighted by atomic mass is 9.93. The zero-order valence-corrected chi connectivity index (χ0v) is 13.0. The number of aliphatic imine (C=N–C) groups is 2. The zero-order valence-electron chi connectivity index (χ0n) is 13.0. The maximum absolute atomic E-state index is 11.9. The standard InChI is InChI=1S/C18H17N5O/c19-11-1-5-13(6-2-11)22-16-9-15(21)18(24)10-17(16)23-14-7-3-12(20)4-8-14/h1-8,21H,9-10,19-20H2. The number of hydrogen-bond acceptors (Lipinski definition) is 6. The fourth-order valence-electron chi connectivity index (χ4n) is 2.35. The highest BCUT2D eigenvalue weighted by molar-refractivity contribution is 6.61. The van der Waals surface area contributed by atoms with Crippen molar-refractivity contribution in [3.63, 3.8) is 0 Å². The Morgan fingerprint density at radius 2 is 1.17 bits per heavy atom. The van der Waals surface area contributed by atoms with Crippen LogP contribution in [0.1, 0.15) is 12.8 Å². The summed E-state index contributed by atoms with van der Waals surface area (Å²) in [6, 6.07) is 14.2. The van der Waals surface area contributed by atoms with Crippen molar-refractivity contribution in [1.82, 2.24) is 0 Å². The van der Waals surface area contributed by atoms with Crippen LogP contribution in [-0.2, 0) is 4.79 Å². The van der Waals surface area contributed by atoms with E-state index in [1.165, 1.54) is 0 Å². The average molecular weight is 319 g/mol. The van der Waals surface area contributed by atoms with Crippen molar-refractivity contribution in [3.8, 4) is 0 Å². The maximum Gasteiger partial charge on any atom is 0.182 e. The molecule has 0 unspecified atom stereocenters. The summed E-state index contributed by atoms with van der Waals surface area (Å²) in [6.07, 6.45) is 0.258. The number of nitrogens with one attached hydrogen (secondary N) is 1. The SMILES string of the molecule is N=C1CC(=Nc2ccc(N)cc2)C(=Nc2ccc(N)cc2)CC1=O. The number of carbonyl (C=O) groups excluding carboxylic acids is 1. The molecule has 24 heavy (non-hydrogen) atoms. The average Bonchev–Trinajstić information content (AvgIpc) is 2.56. The van der Waals surface area contributed by atoms with Gasteiger partial charge in [0.2, 0.25) is 0 Å². The highest BCUT2D eigenvalue weighted by Gasteiger charge is 2.26. The van der Waals surface area contributed by atoms with E-state index in [2.05, 4.69) is 9.98 Å². The molecule has 0 atom stereocenters. The van der Waals surface area contributed by atoms with Gasteiger partial charge in [-0.2, -0.15) is 0 Å². The largest absolute Gasteiger partial charge is 0.399 e. The molecule has 6 heteroatoms. The Bertz CT molecular complexity index is 774. The number of nitrogen functional groups attached to an aromatic ring is 2. The molecule has 120 valence electrons. The van der Waals surface area contributed by atoms with E-state index < -0.39 is 0 Å². The van der Waals surface area contributed by atoms with Gasteiger partial charge in [0.15, 0.2) is 5.78 Å². The van der Waals surface area contributed by atoms with E-state index >= 15 is 0 Å². The van der Waals surface area contributed by atoms with Crippen LogP contribution in [-0.4, -0.2) is 22.9 Å². The van der Waals surface area contributed by atoms with Gasteiger partial charge in [-0.25, -0.2) is 0 Å². The molecule has 5 N–H and O–H groups in total. The summed E-state index contributed by atoms with van der Waals surface area (Å²) in [5.41, 5.74) is 15.3. The molecular weight excluding hydrogens is 302 g/mol. The molecule has 2 aromatic carbocycles. The first kappa shape index (κ1) is 15.6. The molecule has 0 bridgehead atoms. The molecule has 0 radical (unpaired) electrons. The highest BCUT2D eigenvalue weighted by Crippen LogP contribution is 2.21. The number of nitrogens with zero attached hydrogens (tertiary/aromatic N) is 2.